The second-order valence-corrected chi connectivity index (χ2v) is 2.79. The molecule has 1 unspecified atom stereocenters. The third-order valence-corrected chi connectivity index (χ3v) is 1.58. The van der Waals surface area contributed by atoms with E-state index in [9.17, 15) is 0 Å². The standard InChI is InChI=1S/C8H14N4O/c1-6(11-8(9)12-10)5-7-3-2-4-13-7/h2-4,6H,5,10H2,1H3,(H3,9,11,12). The van der Waals surface area contributed by atoms with Crippen LogP contribution in [-0.2, 0) is 6.42 Å². The lowest BCUT2D eigenvalue weighted by Gasteiger charge is -2.05. The molecule has 0 aromatic carbocycles. The summed E-state index contributed by atoms with van der Waals surface area (Å²) in [6.07, 6.45) is 2.35. The number of hydrogen-bond donors (Lipinski definition) is 3. The minimum atomic E-state index is 0.0576. The van der Waals surface area contributed by atoms with Gasteiger partial charge in [-0.05, 0) is 19.1 Å². The molecule has 1 heterocycles. The van der Waals surface area contributed by atoms with E-state index in [4.69, 9.17) is 16.0 Å². The molecule has 1 aromatic rings. The first-order valence-corrected chi connectivity index (χ1v) is 4.04. The van der Waals surface area contributed by atoms with Crippen LogP contribution in [0.25, 0.3) is 0 Å². The highest BCUT2D eigenvalue weighted by Gasteiger charge is 2.03. The molecule has 0 saturated carbocycles. The predicted octanol–water partition coefficient (Wildman–Crippen LogP) is -0.0114. The zero-order valence-electron chi connectivity index (χ0n) is 7.53. The van der Waals surface area contributed by atoms with E-state index in [-0.39, 0.29) is 12.0 Å². The van der Waals surface area contributed by atoms with Crippen molar-refractivity contribution in [2.45, 2.75) is 19.4 Å². The summed E-state index contributed by atoms with van der Waals surface area (Å²) >= 11 is 0. The molecule has 1 atom stereocenters. The van der Waals surface area contributed by atoms with Crippen LogP contribution >= 0.6 is 0 Å². The average molecular weight is 182 g/mol. The number of nitrogens with one attached hydrogen (secondary N) is 1. The molecule has 0 aliphatic rings. The Balaban J connectivity index is 2.46. The van der Waals surface area contributed by atoms with E-state index in [1.165, 1.54) is 0 Å². The van der Waals surface area contributed by atoms with Gasteiger partial charge in [-0.1, -0.05) is 0 Å². The van der Waals surface area contributed by atoms with Gasteiger partial charge in [0.25, 0.3) is 0 Å². The minimum absolute atomic E-state index is 0.0576. The van der Waals surface area contributed by atoms with E-state index in [0.717, 1.165) is 12.2 Å². The number of nitrogens with two attached hydrogens (primary N) is 2. The quantitative estimate of drug-likeness (QED) is 0.265. The summed E-state index contributed by atoms with van der Waals surface area (Å²) in [6, 6.07) is 3.80. The average Bonchev–Trinajstić information content (AvgIpc) is 2.56. The summed E-state index contributed by atoms with van der Waals surface area (Å²) < 4.78 is 5.16. The second-order valence-electron chi connectivity index (χ2n) is 2.79. The first-order valence-electron chi connectivity index (χ1n) is 4.04. The van der Waals surface area contributed by atoms with Gasteiger partial charge in [0.05, 0.1) is 12.3 Å². The van der Waals surface area contributed by atoms with Crippen molar-refractivity contribution < 1.29 is 4.42 Å². The van der Waals surface area contributed by atoms with Gasteiger partial charge in [0.15, 0.2) is 0 Å². The molecule has 1 aromatic heterocycles. The van der Waals surface area contributed by atoms with Gasteiger partial charge in [-0.2, -0.15) is 0 Å². The number of aliphatic imine (C=N–C) groups is 1. The first-order chi connectivity index (χ1) is 6.22. The molecular weight excluding hydrogens is 168 g/mol. The number of furan rings is 1. The van der Waals surface area contributed by atoms with E-state index in [0.29, 0.717) is 0 Å². The van der Waals surface area contributed by atoms with Crippen LogP contribution in [0.1, 0.15) is 12.7 Å². The third kappa shape index (κ3) is 3.16. The normalized spacial score (nSPS) is 14.2. The smallest absolute Gasteiger partial charge is 0.203 e. The zero-order chi connectivity index (χ0) is 9.68. The lowest BCUT2D eigenvalue weighted by Crippen LogP contribution is -2.38. The van der Waals surface area contributed by atoms with E-state index >= 15 is 0 Å². The summed E-state index contributed by atoms with van der Waals surface area (Å²) in [5.74, 6) is 6.19. The lowest BCUT2D eigenvalue weighted by atomic mass is 10.2. The molecule has 13 heavy (non-hydrogen) atoms. The molecule has 5 N–H and O–H groups in total. The maximum atomic E-state index is 5.39. The van der Waals surface area contributed by atoms with Gasteiger partial charge in [0, 0.05) is 6.42 Å². The van der Waals surface area contributed by atoms with Crippen molar-refractivity contribution in [2.24, 2.45) is 16.6 Å². The van der Waals surface area contributed by atoms with Crippen molar-refractivity contribution in [3.8, 4) is 0 Å². The van der Waals surface area contributed by atoms with E-state index < -0.39 is 0 Å². The Kier molecular flexibility index (Phi) is 3.33. The summed E-state index contributed by atoms with van der Waals surface area (Å²) in [5, 5.41) is 0. The van der Waals surface area contributed by atoms with Gasteiger partial charge in [0.2, 0.25) is 5.96 Å². The number of hydrazine groups is 1. The fourth-order valence-electron chi connectivity index (χ4n) is 1.04. The molecule has 5 heteroatoms. The molecular formula is C8H14N4O. The Morgan fingerprint density at radius 3 is 3.08 bits per heavy atom. The topological polar surface area (TPSA) is 89.6 Å². The number of guanidine groups is 1. The van der Waals surface area contributed by atoms with Crippen LogP contribution in [0.4, 0.5) is 0 Å². The molecule has 5 nitrogen and oxygen atoms in total. The summed E-state index contributed by atoms with van der Waals surface area (Å²) in [6.45, 7) is 1.94. The Morgan fingerprint density at radius 1 is 1.77 bits per heavy atom. The molecule has 0 fully saturated rings. The molecule has 0 bridgehead atoms. The molecule has 0 spiro atoms. The van der Waals surface area contributed by atoms with Crippen LogP contribution in [0.5, 0.6) is 0 Å². The predicted molar refractivity (Wildman–Crippen MR) is 50.8 cm³/mol. The summed E-state index contributed by atoms with van der Waals surface area (Å²) in [4.78, 5) is 4.07. The van der Waals surface area contributed by atoms with Crippen LogP contribution < -0.4 is 17.0 Å². The fraction of sp³-hybridized carbons (Fsp3) is 0.375. The third-order valence-electron chi connectivity index (χ3n) is 1.58. The molecule has 72 valence electrons. The monoisotopic (exact) mass is 182 g/mol. The molecule has 0 radical (unpaired) electrons. The highest BCUT2D eigenvalue weighted by molar-refractivity contribution is 5.77. The fourth-order valence-corrected chi connectivity index (χ4v) is 1.04. The maximum Gasteiger partial charge on any atom is 0.203 e. The van der Waals surface area contributed by atoms with Crippen molar-refractivity contribution in [2.75, 3.05) is 0 Å². The minimum Gasteiger partial charge on any atom is -0.469 e. The van der Waals surface area contributed by atoms with Crippen molar-refractivity contribution in [1.82, 2.24) is 5.43 Å². The van der Waals surface area contributed by atoms with Crippen LogP contribution in [0.3, 0.4) is 0 Å². The molecule has 0 aliphatic heterocycles. The van der Waals surface area contributed by atoms with E-state index in [1.807, 2.05) is 19.1 Å². The van der Waals surface area contributed by atoms with Gasteiger partial charge < -0.3 is 10.2 Å². The largest absolute Gasteiger partial charge is 0.469 e. The van der Waals surface area contributed by atoms with Gasteiger partial charge in [-0.15, -0.1) is 0 Å². The van der Waals surface area contributed by atoms with Crippen molar-refractivity contribution in [3.63, 3.8) is 0 Å². The van der Waals surface area contributed by atoms with Gasteiger partial charge in [0.1, 0.15) is 5.76 Å². The van der Waals surface area contributed by atoms with Crippen LogP contribution in [0, 0.1) is 0 Å². The van der Waals surface area contributed by atoms with Crippen LogP contribution in [0.15, 0.2) is 27.8 Å². The second kappa shape index (κ2) is 4.51. The lowest BCUT2D eigenvalue weighted by molar-refractivity contribution is 0.492. The Morgan fingerprint density at radius 2 is 2.54 bits per heavy atom. The van der Waals surface area contributed by atoms with E-state index in [2.05, 4.69) is 10.4 Å². The Bertz CT molecular complexity index is 268. The summed E-state index contributed by atoms with van der Waals surface area (Å²) in [7, 11) is 0. The first kappa shape index (κ1) is 9.60. The van der Waals surface area contributed by atoms with Gasteiger partial charge in [-0.25, -0.2) is 10.8 Å². The molecule has 0 aliphatic carbocycles. The van der Waals surface area contributed by atoms with Crippen molar-refractivity contribution in [1.29, 1.82) is 0 Å². The Labute approximate surface area is 76.8 Å². The SMILES string of the molecule is CC(Cc1ccco1)N=C(N)NN. The number of nitrogens with zero attached hydrogens (tertiary/aromatic N) is 1. The van der Waals surface area contributed by atoms with Gasteiger partial charge in [-0.3, -0.25) is 5.43 Å². The maximum absolute atomic E-state index is 5.39. The zero-order valence-corrected chi connectivity index (χ0v) is 7.53. The molecule has 1 rings (SSSR count). The molecule has 0 saturated heterocycles. The van der Waals surface area contributed by atoms with E-state index in [1.54, 1.807) is 6.26 Å². The van der Waals surface area contributed by atoms with Crippen LogP contribution in [0.2, 0.25) is 0 Å². The number of hydrogen-bond acceptors (Lipinski definition) is 3. The van der Waals surface area contributed by atoms with Gasteiger partial charge >= 0.3 is 0 Å². The van der Waals surface area contributed by atoms with Crippen molar-refractivity contribution in [3.05, 3.63) is 24.2 Å². The molecule has 0 amide bonds. The highest BCUT2D eigenvalue weighted by atomic mass is 16.3. The summed E-state index contributed by atoms with van der Waals surface area (Å²) in [5.41, 5.74) is 7.66. The van der Waals surface area contributed by atoms with Crippen molar-refractivity contribution >= 4 is 5.96 Å². The van der Waals surface area contributed by atoms with Crippen LogP contribution in [-0.4, -0.2) is 12.0 Å². The Hall–Kier alpha value is -1.49. The number of rotatable bonds is 3. The highest BCUT2D eigenvalue weighted by Crippen LogP contribution is 2.05.